The van der Waals surface area contributed by atoms with Gasteiger partial charge < -0.3 is 9.64 Å². The second-order valence-corrected chi connectivity index (χ2v) is 10.4. The first-order chi connectivity index (χ1) is 12.8. The summed E-state index contributed by atoms with van der Waals surface area (Å²) in [5.41, 5.74) is 1.10. The average molecular weight is 397 g/mol. The number of H-pyrrole nitrogens is 1. The van der Waals surface area contributed by atoms with Crippen LogP contribution in [-0.4, -0.2) is 68.3 Å². The highest BCUT2D eigenvalue weighted by Gasteiger charge is 2.48. The van der Waals surface area contributed by atoms with E-state index in [0.29, 0.717) is 51.5 Å². The highest BCUT2D eigenvalue weighted by atomic mass is 32.2. The predicted molar refractivity (Wildman–Crippen MR) is 103 cm³/mol. The van der Waals surface area contributed by atoms with Gasteiger partial charge in [-0.25, -0.2) is 17.7 Å². The van der Waals surface area contributed by atoms with E-state index in [1.54, 1.807) is 9.21 Å². The maximum atomic E-state index is 13.2. The van der Waals surface area contributed by atoms with Crippen molar-refractivity contribution in [2.75, 3.05) is 45.3 Å². The summed E-state index contributed by atoms with van der Waals surface area (Å²) < 4.78 is 33.4. The van der Waals surface area contributed by atoms with Crippen molar-refractivity contribution in [1.82, 2.24) is 14.3 Å². The van der Waals surface area contributed by atoms with Gasteiger partial charge in [-0.05, 0) is 38.5 Å². The zero-order chi connectivity index (χ0) is 19.2. The Morgan fingerprint density at radius 2 is 2.00 bits per heavy atom. The molecule has 3 heterocycles. The molecule has 0 saturated carbocycles. The molecule has 2 aliphatic heterocycles. The smallest absolute Gasteiger partial charge is 0.255 e. The van der Waals surface area contributed by atoms with E-state index >= 15 is 0 Å². The fourth-order valence-corrected chi connectivity index (χ4v) is 6.76. The lowest BCUT2D eigenvalue weighted by Crippen LogP contribution is -2.51. The molecular formula is C18H28N4O4S. The lowest BCUT2D eigenvalue weighted by Gasteiger charge is -2.41. The quantitative estimate of drug-likeness (QED) is 0.805. The molecule has 1 N–H and O–H groups in total. The molecular weight excluding hydrogens is 368 g/mol. The second kappa shape index (κ2) is 6.86. The zero-order valence-corrected chi connectivity index (χ0v) is 16.8. The summed E-state index contributed by atoms with van der Waals surface area (Å²) in [6.07, 6.45) is 4.25. The molecule has 2 saturated heterocycles. The van der Waals surface area contributed by atoms with Gasteiger partial charge in [-0.15, -0.1) is 0 Å². The molecule has 1 unspecified atom stereocenters. The number of nitrogens with zero attached hydrogens (tertiary/aromatic N) is 3. The summed E-state index contributed by atoms with van der Waals surface area (Å²) in [6.45, 7) is 2.01. The third kappa shape index (κ3) is 3.19. The molecule has 1 aliphatic carbocycles. The topological polar surface area (TPSA) is 95.6 Å². The Morgan fingerprint density at radius 1 is 1.26 bits per heavy atom. The number of piperidine rings is 1. The number of aromatic nitrogens is 2. The van der Waals surface area contributed by atoms with E-state index in [0.717, 1.165) is 30.5 Å². The molecule has 1 aromatic heterocycles. The summed E-state index contributed by atoms with van der Waals surface area (Å²) in [5.74, 6) is 0.532. The normalized spacial score (nSPS) is 27.0. The summed E-state index contributed by atoms with van der Waals surface area (Å²) in [7, 11) is 0.326. The van der Waals surface area contributed by atoms with Crippen LogP contribution in [0.15, 0.2) is 4.79 Å². The lowest BCUT2D eigenvalue weighted by atomic mass is 9.78. The van der Waals surface area contributed by atoms with Crippen LogP contribution in [0.2, 0.25) is 0 Å². The maximum Gasteiger partial charge on any atom is 0.255 e. The largest absolute Gasteiger partial charge is 0.381 e. The van der Waals surface area contributed by atoms with E-state index in [1.807, 2.05) is 14.1 Å². The predicted octanol–water partition coefficient (Wildman–Crippen LogP) is 0.625. The monoisotopic (exact) mass is 396 g/mol. The molecule has 0 radical (unpaired) electrons. The van der Waals surface area contributed by atoms with E-state index in [1.165, 1.54) is 0 Å². The first-order valence-corrected chi connectivity index (χ1v) is 11.2. The van der Waals surface area contributed by atoms with E-state index in [-0.39, 0.29) is 16.2 Å². The SMILES string of the molecule is CN(C)c1nc2c(c(=O)[nH]1)CCC21CCCN(S(=O)(=O)C2CCOCC2)C1. The van der Waals surface area contributed by atoms with Gasteiger partial charge in [0.1, 0.15) is 0 Å². The van der Waals surface area contributed by atoms with Crippen molar-refractivity contribution in [1.29, 1.82) is 0 Å². The fourth-order valence-electron chi connectivity index (χ4n) is 4.74. The van der Waals surface area contributed by atoms with Crippen LogP contribution < -0.4 is 10.5 Å². The van der Waals surface area contributed by atoms with E-state index < -0.39 is 10.0 Å². The molecule has 1 aromatic rings. The van der Waals surface area contributed by atoms with Crippen molar-refractivity contribution in [2.24, 2.45) is 0 Å². The van der Waals surface area contributed by atoms with Gasteiger partial charge in [0.15, 0.2) is 0 Å². The van der Waals surface area contributed by atoms with Crippen LogP contribution >= 0.6 is 0 Å². The van der Waals surface area contributed by atoms with Crippen LogP contribution in [0.3, 0.4) is 0 Å². The minimum Gasteiger partial charge on any atom is -0.381 e. The van der Waals surface area contributed by atoms with E-state index in [2.05, 4.69) is 4.98 Å². The summed E-state index contributed by atoms with van der Waals surface area (Å²) in [5, 5.41) is -0.355. The number of nitrogens with one attached hydrogen (secondary N) is 1. The number of sulfonamides is 1. The molecule has 4 rings (SSSR count). The molecule has 1 atom stereocenters. The van der Waals surface area contributed by atoms with Gasteiger partial charge in [0.2, 0.25) is 16.0 Å². The zero-order valence-electron chi connectivity index (χ0n) is 16.0. The van der Waals surface area contributed by atoms with Gasteiger partial charge in [-0.1, -0.05) is 0 Å². The molecule has 8 nitrogen and oxygen atoms in total. The first-order valence-electron chi connectivity index (χ1n) is 9.71. The van der Waals surface area contributed by atoms with E-state index in [9.17, 15) is 13.2 Å². The highest BCUT2D eigenvalue weighted by Crippen LogP contribution is 2.44. The van der Waals surface area contributed by atoms with Crippen molar-refractivity contribution < 1.29 is 13.2 Å². The molecule has 0 bridgehead atoms. The molecule has 2 fully saturated rings. The molecule has 3 aliphatic rings. The van der Waals surface area contributed by atoms with Crippen molar-refractivity contribution in [3.05, 3.63) is 21.6 Å². The first kappa shape index (κ1) is 18.9. The third-order valence-electron chi connectivity index (χ3n) is 6.27. The Bertz CT molecular complexity index is 876. The summed E-state index contributed by atoms with van der Waals surface area (Å²) in [6, 6.07) is 0. The van der Waals surface area contributed by atoms with Crippen LogP contribution in [0.5, 0.6) is 0 Å². The van der Waals surface area contributed by atoms with Gasteiger partial charge in [0.25, 0.3) is 5.56 Å². The number of ether oxygens (including phenoxy) is 1. The minimum atomic E-state index is -3.36. The number of hydrogen-bond acceptors (Lipinski definition) is 6. The Kier molecular flexibility index (Phi) is 4.80. The molecule has 0 amide bonds. The molecule has 27 heavy (non-hydrogen) atoms. The van der Waals surface area contributed by atoms with Crippen LogP contribution in [0.1, 0.15) is 43.4 Å². The summed E-state index contributed by atoms with van der Waals surface area (Å²) >= 11 is 0. The summed E-state index contributed by atoms with van der Waals surface area (Å²) in [4.78, 5) is 21.9. The maximum absolute atomic E-state index is 13.2. The molecule has 0 aromatic carbocycles. The van der Waals surface area contributed by atoms with E-state index in [4.69, 9.17) is 9.72 Å². The van der Waals surface area contributed by atoms with Gasteiger partial charge in [-0.2, -0.15) is 0 Å². The van der Waals surface area contributed by atoms with Crippen molar-refractivity contribution >= 4 is 16.0 Å². The van der Waals surface area contributed by atoms with Gasteiger partial charge in [-0.3, -0.25) is 9.78 Å². The second-order valence-electron chi connectivity index (χ2n) is 8.19. The number of fused-ring (bicyclic) bond motifs is 2. The van der Waals surface area contributed by atoms with Crippen LogP contribution in [0.25, 0.3) is 0 Å². The standard InChI is InChI=1S/C18H28N4O4S/c1-21(2)17-19-15-14(16(23)20-17)4-8-18(15)7-3-9-22(12-18)27(24,25)13-5-10-26-11-6-13/h13H,3-12H2,1-2H3,(H,19,20,23). The average Bonchev–Trinajstić information content (AvgIpc) is 3.01. The Hall–Kier alpha value is -1.45. The Labute approximate surface area is 160 Å². The number of aromatic amines is 1. The van der Waals surface area contributed by atoms with Crippen molar-refractivity contribution in [3.8, 4) is 0 Å². The van der Waals surface area contributed by atoms with Crippen LogP contribution in [0.4, 0.5) is 5.95 Å². The van der Waals surface area contributed by atoms with Crippen LogP contribution in [-0.2, 0) is 26.6 Å². The highest BCUT2D eigenvalue weighted by molar-refractivity contribution is 7.89. The fraction of sp³-hybridized carbons (Fsp3) is 0.778. The number of anilines is 1. The van der Waals surface area contributed by atoms with Gasteiger partial charge >= 0.3 is 0 Å². The molecule has 150 valence electrons. The van der Waals surface area contributed by atoms with Crippen LogP contribution in [0, 0.1) is 0 Å². The molecule has 1 spiro atoms. The number of rotatable bonds is 3. The van der Waals surface area contributed by atoms with Gasteiger partial charge in [0.05, 0.1) is 10.9 Å². The molecule has 9 heteroatoms. The lowest BCUT2D eigenvalue weighted by molar-refractivity contribution is 0.0963. The number of hydrogen-bond donors (Lipinski definition) is 1. The Balaban J connectivity index is 1.67. The minimum absolute atomic E-state index is 0.0926. The third-order valence-corrected chi connectivity index (χ3v) is 8.62. The van der Waals surface area contributed by atoms with Crippen molar-refractivity contribution in [2.45, 2.75) is 49.2 Å². The van der Waals surface area contributed by atoms with Crippen molar-refractivity contribution in [3.63, 3.8) is 0 Å². The van der Waals surface area contributed by atoms with Gasteiger partial charge in [0, 0.05) is 51.4 Å². The Morgan fingerprint density at radius 3 is 2.70 bits per heavy atom.